The number of Topliss-reactive ketones (excluding diaryl/α,β-unsaturated/α-hetero) is 1. The largest absolute Gasteiger partial charge is 0.456 e. The fourth-order valence-corrected chi connectivity index (χ4v) is 4.52. The standard InChI is InChI=1S/C20H19NO4S2/c1-12(22)21-15-9-13(7-8-18(15)26-2)16(23)11-25-20(24)19-10-14-5-3-4-6-17(14)27-19/h3-9,19H,10-11H2,1-2H3,(H,21,22). The molecule has 1 aliphatic rings. The van der Waals surface area contributed by atoms with Gasteiger partial charge in [0.05, 0.1) is 5.69 Å². The maximum absolute atomic E-state index is 12.4. The molecule has 3 rings (SSSR count). The lowest BCUT2D eigenvalue weighted by molar-refractivity contribution is -0.141. The summed E-state index contributed by atoms with van der Waals surface area (Å²) in [7, 11) is 0. The zero-order valence-corrected chi connectivity index (χ0v) is 16.6. The van der Waals surface area contributed by atoms with Crippen molar-refractivity contribution >= 4 is 46.9 Å². The summed E-state index contributed by atoms with van der Waals surface area (Å²) in [5, 5.41) is 2.40. The number of ketones is 1. The van der Waals surface area contributed by atoms with Gasteiger partial charge in [-0.05, 0) is 36.4 Å². The average molecular weight is 402 g/mol. The molecule has 0 aliphatic carbocycles. The van der Waals surface area contributed by atoms with E-state index in [2.05, 4.69) is 5.32 Å². The Hall–Kier alpha value is -2.25. The van der Waals surface area contributed by atoms with Gasteiger partial charge in [0.2, 0.25) is 5.91 Å². The van der Waals surface area contributed by atoms with Gasteiger partial charge in [-0.2, -0.15) is 0 Å². The number of rotatable bonds is 6. The van der Waals surface area contributed by atoms with Crippen LogP contribution in [0, 0.1) is 0 Å². The van der Waals surface area contributed by atoms with Crippen LogP contribution < -0.4 is 5.32 Å². The maximum Gasteiger partial charge on any atom is 0.320 e. The number of benzene rings is 2. The molecule has 1 atom stereocenters. The molecule has 27 heavy (non-hydrogen) atoms. The van der Waals surface area contributed by atoms with Gasteiger partial charge in [-0.25, -0.2) is 0 Å². The minimum atomic E-state index is -0.382. The first-order valence-corrected chi connectivity index (χ1v) is 10.5. The predicted molar refractivity (Wildman–Crippen MR) is 108 cm³/mol. The Labute approximate surface area is 166 Å². The Bertz CT molecular complexity index is 872. The average Bonchev–Trinajstić information content (AvgIpc) is 3.09. The summed E-state index contributed by atoms with van der Waals surface area (Å²) < 4.78 is 5.25. The minimum absolute atomic E-state index is 0.209. The topological polar surface area (TPSA) is 72.5 Å². The highest BCUT2D eigenvalue weighted by molar-refractivity contribution is 8.01. The number of thioether (sulfide) groups is 2. The van der Waals surface area contributed by atoms with E-state index in [0.29, 0.717) is 17.7 Å². The van der Waals surface area contributed by atoms with Gasteiger partial charge >= 0.3 is 5.97 Å². The van der Waals surface area contributed by atoms with Crippen molar-refractivity contribution < 1.29 is 19.1 Å². The van der Waals surface area contributed by atoms with E-state index in [0.717, 1.165) is 15.4 Å². The van der Waals surface area contributed by atoms with Crippen LogP contribution in [0.4, 0.5) is 5.69 Å². The van der Waals surface area contributed by atoms with E-state index in [1.807, 2.05) is 30.5 Å². The lowest BCUT2D eigenvalue weighted by atomic mass is 10.1. The van der Waals surface area contributed by atoms with Crippen LogP contribution >= 0.6 is 23.5 Å². The molecule has 0 fully saturated rings. The first kappa shape index (κ1) is 19.5. The van der Waals surface area contributed by atoms with Crippen LogP contribution in [-0.2, 0) is 20.7 Å². The lowest BCUT2D eigenvalue weighted by Gasteiger charge is -2.11. The number of carbonyl (C=O) groups is 3. The third-order valence-electron chi connectivity index (χ3n) is 4.09. The Kier molecular flexibility index (Phi) is 6.23. The molecule has 0 saturated heterocycles. The number of carbonyl (C=O) groups excluding carboxylic acids is 3. The van der Waals surface area contributed by atoms with Crippen LogP contribution in [0.15, 0.2) is 52.3 Å². The Morgan fingerprint density at radius 1 is 1.22 bits per heavy atom. The molecule has 5 nitrogen and oxygen atoms in total. The molecule has 0 radical (unpaired) electrons. The van der Waals surface area contributed by atoms with Crippen molar-refractivity contribution in [1.82, 2.24) is 0 Å². The molecule has 1 heterocycles. The van der Waals surface area contributed by atoms with Crippen LogP contribution in [0.3, 0.4) is 0 Å². The van der Waals surface area contributed by atoms with E-state index in [1.165, 1.54) is 30.4 Å². The highest BCUT2D eigenvalue weighted by Gasteiger charge is 2.29. The molecule has 0 saturated carbocycles. The van der Waals surface area contributed by atoms with Crippen molar-refractivity contribution in [2.24, 2.45) is 0 Å². The number of hydrogen-bond acceptors (Lipinski definition) is 6. The first-order chi connectivity index (χ1) is 13.0. The van der Waals surface area contributed by atoms with Gasteiger partial charge in [0.25, 0.3) is 0 Å². The summed E-state index contributed by atoms with van der Waals surface area (Å²) >= 11 is 2.94. The van der Waals surface area contributed by atoms with Gasteiger partial charge in [0.1, 0.15) is 5.25 Å². The molecule has 140 valence electrons. The highest BCUT2D eigenvalue weighted by atomic mass is 32.2. The summed E-state index contributed by atoms with van der Waals surface area (Å²) in [6, 6.07) is 12.9. The molecule has 0 spiro atoms. The van der Waals surface area contributed by atoms with E-state index < -0.39 is 0 Å². The number of ether oxygens (including phenoxy) is 1. The fourth-order valence-electron chi connectivity index (χ4n) is 2.80. The number of esters is 1. The molecule has 1 aliphatic heterocycles. The number of hydrogen-bond donors (Lipinski definition) is 1. The molecule has 0 bridgehead atoms. The highest BCUT2D eigenvalue weighted by Crippen LogP contribution is 2.37. The van der Waals surface area contributed by atoms with Crippen molar-refractivity contribution in [2.75, 3.05) is 18.2 Å². The van der Waals surface area contributed by atoms with Crippen LogP contribution in [0.25, 0.3) is 0 Å². The fraction of sp³-hybridized carbons (Fsp3) is 0.250. The van der Waals surface area contributed by atoms with Crippen molar-refractivity contribution in [2.45, 2.75) is 28.4 Å². The third kappa shape index (κ3) is 4.73. The second-order valence-electron chi connectivity index (χ2n) is 6.05. The summed E-state index contributed by atoms with van der Waals surface area (Å²) in [6.45, 7) is 1.10. The summed E-state index contributed by atoms with van der Waals surface area (Å²) in [5.74, 6) is -0.894. The zero-order chi connectivity index (χ0) is 19.4. The minimum Gasteiger partial charge on any atom is -0.456 e. The summed E-state index contributed by atoms with van der Waals surface area (Å²) in [6.07, 6.45) is 2.50. The maximum atomic E-state index is 12.4. The lowest BCUT2D eigenvalue weighted by Crippen LogP contribution is -2.23. The van der Waals surface area contributed by atoms with Crippen molar-refractivity contribution in [1.29, 1.82) is 0 Å². The van der Waals surface area contributed by atoms with Crippen LogP contribution in [0.2, 0.25) is 0 Å². The second kappa shape index (κ2) is 8.63. The predicted octanol–water partition coefficient (Wildman–Crippen LogP) is 3.81. The molecule has 2 aromatic rings. The van der Waals surface area contributed by atoms with Gasteiger partial charge in [0, 0.05) is 22.3 Å². The quantitative estimate of drug-likeness (QED) is 0.451. The Morgan fingerprint density at radius 3 is 2.70 bits per heavy atom. The Morgan fingerprint density at radius 2 is 2.00 bits per heavy atom. The van der Waals surface area contributed by atoms with Gasteiger partial charge in [0.15, 0.2) is 12.4 Å². The first-order valence-electron chi connectivity index (χ1n) is 8.38. The van der Waals surface area contributed by atoms with E-state index in [1.54, 1.807) is 18.2 Å². The van der Waals surface area contributed by atoms with E-state index >= 15 is 0 Å². The second-order valence-corrected chi connectivity index (χ2v) is 8.14. The molecular formula is C20H19NO4S2. The normalized spacial score (nSPS) is 15.1. The number of amides is 1. The number of nitrogens with one attached hydrogen (secondary N) is 1. The van der Waals surface area contributed by atoms with Crippen molar-refractivity contribution in [3.63, 3.8) is 0 Å². The molecule has 0 aromatic heterocycles. The van der Waals surface area contributed by atoms with Gasteiger partial charge in [-0.3, -0.25) is 14.4 Å². The smallest absolute Gasteiger partial charge is 0.320 e. The Balaban J connectivity index is 1.61. The molecule has 7 heteroatoms. The van der Waals surface area contributed by atoms with Gasteiger partial charge in [-0.15, -0.1) is 23.5 Å². The van der Waals surface area contributed by atoms with Crippen molar-refractivity contribution in [3.8, 4) is 0 Å². The van der Waals surface area contributed by atoms with E-state index in [-0.39, 0.29) is 29.5 Å². The van der Waals surface area contributed by atoms with E-state index in [9.17, 15) is 14.4 Å². The SMILES string of the molecule is CSc1ccc(C(=O)COC(=O)C2Cc3ccccc3S2)cc1NC(C)=O. The van der Waals surface area contributed by atoms with Gasteiger partial charge < -0.3 is 10.1 Å². The molecule has 2 aromatic carbocycles. The van der Waals surface area contributed by atoms with Crippen molar-refractivity contribution in [3.05, 3.63) is 53.6 Å². The monoisotopic (exact) mass is 401 g/mol. The van der Waals surface area contributed by atoms with Gasteiger partial charge in [-0.1, -0.05) is 24.3 Å². The molecular weight excluding hydrogens is 382 g/mol. The zero-order valence-electron chi connectivity index (χ0n) is 15.0. The molecule has 1 amide bonds. The summed E-state index contributed by atoms with van der Waals surface area (Å²) in [5.41, 5.74) is 2.10. The van der Waals surface area contributed by atoms with E-state index in [4.69, 9.17) is 4.74 Å². The number of fused-ring (bicyclic) bond motifs is 1. The molecule has 1 unspecified atom stereocenters. The van der Waals surface area contributed by atoms with Crippen LogP contribution in [0.5, 0.6) is 0 Å². The van der Waals surface area contributed by atoms with Crippen LogP contribution in [0.1, 0.15) is 22.8 Å². The van der Waals surface area contributed by atoms with Crippen LogP contribution in [-0.4, -0.2) is 35.8 Å². The number of anilines is 1. The molecule has 1 N–H and O–H groups in total. The third-order valence-corrected chi connectivity index (χ3v) is 6.18. The summed E-state index contributed by atoms with van der Waals surface area (Å²) in [4.78, 5) is 38.0.